The summed E-state index contributed by atoms with van der Waals surface area (Å²) in [5.41, 5.74) is 0.803. The van der Waals surface area contributed by atoms with Crippen molar-refractivity contribution in [3.8, 4) is 11.4 Å². The first kappa shape index (κ1) is 17.0. The van der Waals surface area contributed by atoms with E-state index in [9.17, 15) is 21.6 Å². The summed E-state index contributed by atoms with van der Waals surface area (Å²) < 4.78 is 68.1. The second-order valence-corrected chi connectivity index (χ2v) is 6.77. The van der Waals surface area contributed by atoms with Crippen molar-refractivity contribution < 1.29 is 21.6 Å². The summed E-state index contributed by atoms with van der Waals surface area (Å²) in [4.78, 5) is -0.983. The van der Waals surface area contributed by atoms with Gasteiger partial charge in [-0.25, -0.2) is 21.6 Å². The first-order valence-corrected chi connectivity index (χ1v) is 8.38. The van der Waals surface area contributed by atoms with Crippen molar-refractivity contribution in [1.29, 1.82) is 0 Å². The van der Waals surface area contributed by atoms with Crippen LogP contribution >= 0.6 is 0 Å². The maximum Gasteiger partial charge on any atom is 0.264 e. The van der Waals surface area contributed by atoms with Gasteiger partial charge in [0.05, 0.1) is 0 Å². The molecule has 0 radical (unpaired) electrons. The zero-order valence-corrected chi connectivity index (χ0v) is 13.6. The molecule has 0 bridgehead atoms. The van der Waals surface area contributed by atoms with E-state index in [-0.39, 0.29) is 5.69 Å². The molecule has 0 spiro atoms. The average molecular weight is 368 g/mol. The Labute approximate surface area is 141 Å². The summed E-state index contributed by atoms with van der Waals surface area (Å²) in [6.07, 6.45) is 1.51. The van der Waals surface area contributed by atoms with E-state index in [1.807, 2.05) is 0 Å². The molecule has 0 aliphatic heterocycles. The lowest BCUT2D eigenvalue weighted by molar-refractivity contribution is 0.432. The van der Waals surface area contributed by atoms with E-state index in [2.05, 4.69) is 14.9 Å². The van der Waals surface area contributed by atoms with Crippen LogP contribution < -0.4 is 4.72 Å². The van der Waals surface area contributed by atoms with Crippen LogP contribution in [-0.4, -0.2) is 23.2 Å². The second kappa shape index (κ2) is 6.20. The zero-order valence-electron chi connectivity index (χ0n) is 12.7. The van der Waals surface area contributed by atoms with Crippen LogP contribution in [0.25, 0.3) is 11.4 Å². The molecule has 10 heteroatoms. The van der Waals surface area contributed by atoms with E-state index in [0.717, 1.165) is 0 Å². The Balaban J connectivity index is 1.89. The first-order valence-electron chi connectivity index (χ1n) is 6.90. The van der Waals surface area contributed by atoms with Gasteiger partial charge in [-0.05, 0) is 36.4 Å². The molecule has 25 heavy (non-hydrogen) atoms. The predicted octanol–water partition coefficient (Wildman–Crippen LogP) is 2.70. The van der Waals surface area contributed by atoms with E-state index in [4.69, 9.17) is 0 Å². The van der Waals surface area contributed by atoms with Crippen LogP contribution in [0, 0.1) is 17.5 Å². The molecule has 6 nitrogen and oxygen atoms in total. The van der Waals surface area contributed by atoms with Gasteiger partial charge in [-0.1, -0.05) is 0 Å². The fourth-order valence-electron chi connectivity index (χ4n) is 2.16. The van der Waals surface area contributed by atoms with E-state index < -0.39 is 32.4 Å². The maximum absolute atomic E-state index is 13.7. The van der Waals surface area contributed by atoms with Gasteiger partial charge in [-0.15, -0.1) is 10.2 Å². The maximum atomic E-state index is 13.7. The molecular weight excluding hydrogens is 357 g/mol. The Morgan fingerprint density at radius 2 is 1.68 bits per heavy atom. The summed E-state index contributed by atoms with van der Waals surface area (Å²) in [5.74, 6) is -4.52. The van der Waals surface area contributed by atoms with Gasteiger partial charge in [-0.2, -0.15) is 0 Å². The Bertz CT molecular complexity index is 1030. The van der Waals surface area contributed by atoms with E-state index in [1.165, 1.54) is 18.5 Å². The largest absolute Gasteiger partial charge is 0.317 e. The number of hydrogen-bond donors (Lipinski definition) is 1. The molecule has 0 amide bonds. The van der Waals surface area contributed by atoms with Gasteiger partial charge in [0.2, 0.25) is 0 Å². The molecule has 2 aromatic carbocycles. The number of halogens is 3. The monoisotopic (exact) mass is 368 g/mol. The number of benzene rings is 2. The predicted molar refractivity (Wildman–Crippen MR) is 83.6 cm³/mol. The topological polar surface area (TPSA) is 76.9 Å². The van der Waals surface area contributed by atoms with Crippen LogP contribution in [0.4, 0.5) is 18.9 Å². The highest BCUT2D eigenvalue weighted by Gasteiger charge is 2.24. The fourth-order valence-corrected chi connectivity index (χ4v) is 3.29. The third-order valence-electron chi connectivity index (χ3n) is 3.40. The molecule has 0 fully saturated rings. The van der Waals surface area contributed by atoms with E-state index in [1.54, 1.807) is 23.7 Å². The molecule has 1 aromatic heterocycles. The van der Waals surface area contributed by atoms with Gasteiger partial charge in [0.15, 0.2) is 23.3 Å². The molecule has 0 aliphatic rings. The van der Waals surface area contributed by atoms with Gasteiger partial charge < -0.3 is 4.57 Å². The van der Waals surface area contributed by atoms with Crippen LogP contribution in [0.1, 0.15) is 0 Å². The Kier molecular flexibility index (Phi) is 4.21. The number of aryl methyl sites for hydroxylation is 1. The lowest BCUT2D eigenvalue weighted by Crippen LogP contribution is -2.15. The molecule has 0 saturated carbocycles. The minimum Gasteiger partial charge on any atom is -0.317 e. The second-order valence-electron chi connectivity index (χ2n) is 5.12. The molecule has 3 aromatic rings. The van der Waals surface area contributed by atoms with Crippen LogP contribution in [0.2, 0.25) is 0 Å². The SMILES string of the molecule is Cn1cnnc1-c1ccc(NS(=O)(=O)c2ccc(F)c(F)c2F)cc1. The molecule has 3 rings (SSSR count). The first-order chi connectivity index (χ1) is 11.8. The lowest BCUT2D eigenvalue weighted by Gasteiger charge is -2.10. The summed E-state index contributed by atoms with van der Waals surface area (Å²) in [5, 5.41) is 7.65. The van der Waals surface area contributed by atoms with Crippen molar-refractivity contribution in [2.24, 2.45) is 7.05 Å². The summed E-state index contributed by atoms with van der Waals surface area (Å²) in [7, 11) is -2.68. The highest BCUT2D eigenvalue weighted by molar-refractivity contribution is 7.92. The fraction of sp³-hybridized carbons (Fsp3) is 0.0667. The number of sulfonamides is 1. The van der Waals surface area contributed by atoms with Gasteiger partial charge in [0.25, 0.3) is 10.0 Å². The number of nitrogens with one attached hydrogen (secondary N) is 1. The van der Waals surface area contributed by atoms with Gasteiger partial charge in [0.1, 0.15) is 11.2 Å². The van der Waals surface area contributed by atoms with Crippen LogP contribution in [0.15, 0.2) is 47.6 Å². The smallest absolute Gasteiger partial charge is 0.264 e. The highest BCUT2D eigenvalue weighted by Crippen LogP contribution is 2.24. The molecule has 0 aliphatic carbocycles. The van der Waals surface area contributed by atoms with Crippen molar-refractivity contribution >= 4 is 15.7 Å². The number of rotatable bonds is 4. The van der Waals surface area contributed by atoms with Crippen molar-refractivity contribution in [2.45, 2.75) is 4.90 Å². The van der Waals surface area contributed by atoms with Gasteiger partial charge in [0, 0.05) is 18.3 Å². The molecule has 130 valence electrons. The Morgan fingerprint density at radius 1 is 1.00 bits per heavy atom. The van der Waals surface area contributed by atoms with Crippen LogP contribution in [0.5, 0.6) is 0 Å². The molecule has 0 saturated heterocycles. The highest BCUT2D eigenvalue weighted by atomic mass is 32.2. The summed E-state index contributed by atoms with van der Waals surface area (Å²) in [6.45, 7) is 0. The van der Waals surface area contributed by atoms with Gasteiger partial charge >= 0.3 is 0 Å². The average Bonchev–Trinajstić information content (AvgIpc) is 2.99. The van der Waals surface area contributed by atoms with Gasteiger partial charge in [-0.3, -0.25) is 4.72 Å². The lowest BCUT2D eigenvalue weighted by atomic mass is 10.2. The van der Waals surface area contributed by atoms with Crippen molar-refractivity contribution in [3.63, 3.8) is 0 Å². The van der Waals surface area contributed by atoms with Crippen LogP contribution in [0.3, 0.4) is 0 Å². The van der Waals surface area contributed by atoms with Crippen molar-refractivity contribution in [2.75, 3.05) is 4.72 Å². The summed E-state index contributed by atoms with van der Waals surface area (Å²) in [6, 6.07) is 7.24. The van der Waals surface area contributed by atoms with E-state index in [0.29, 0.717) is 23.5 Å². The number of nitrogens with zero attached hydrogens (tertiary/aromatic N) is 3. The summed E-state index contributed by atoms with van der Waals surface area (Å²) >= 11 is 0. The number of hydrogen-bond acceptors (Lipinski definition) is 4. The molecule has 0 unspecified atom stereocenters. The molecule has 1 N–H and O–H groups in total. The number of anilines is 1. The van der Waals surface area contributed by atoms with E-state index >= 15 is 0 Å². The standard InChI is InChI=1S/C15H11F3N4O2S/c1-22-8-19-20-15(22)9-2-4-10(5-3-9)21-25(23,24)12-7-6-11(16)13(17)14(12)18/h2-8,21H,1H3. The Morgan fingerprint density at radius 3 is 2.28 bits per heavy atom. The molecule has 1 heterocycles. The zero-order chi connectivity index (χ0) is 18.2. The van der Waals surface area contributed by atoms with Crippen molar-refractivity contribution in [3.05, 3.63) is 60.2 Å². The normalized spacial score (nSPS) is 11.5. The molecular formula is C15H11F3N4O2S. The minimum absolute atomic E-state index is 0.120. The minimum atomic E-state index is -4.42. The third kappa shape index (κ3) is 3.20. The van der Waals surface area contributed by atoms with Crippen LogP contribution in [-0.2, 0) is 17.1 Å². The van der Waals surface area contributed by atoms with Crippen molar-refractivity contribution in [1.82, 2.24) is 14.8 Å². The Hall–Kier alpha value is -2.88. The number of aromatic nitrogens is 3. The molecule has 0 atom stereocenters. The third-order valence-corrected chi connectivity index (χ3v) is 4.79. The quantitative estimate of drug-likeness (QED) is 0.719.